The van der Waals surface area contributed by atoms with Crippen LogP contribution in [0, 0.1) is 20.8 Å². The van der Waals surface area contributed by atoms with Gasteiger partial charge in [-0.05, 0) is 44.4 Å². The molecule has 96 valence electrons. The van der Waals surface area contributed by atoms with Crippen LogP contribution in [0.3, 0.4) is 0 Å². The Hall–Kier alpha value is -1.61. The Labute approximate surface area is 109 Å². The van der Waals surface area contributed by atoms with Crippen molar-refractivity contribution in [3.05, 3.63) is 52.3 Å². The van der Waals surface area contributed by atoms with Crippen molar-refractivity contribution in [2.24, 2.45) is 12.8 Å². The zero-order chi connectivity index (χ0) is 13.3. The molecule has 0 radical (unpaired) electrons. The molecule has 2 N–H and O–H groups in total. The second-order valence-corrected chi connectivity index (χ2v) is 5.07. The van der Waals surface area contributed by atoms with E-state index in [4.69, 9.17) is 5.73 Å². The lowest BCUT2D eigenvalue weighted by atomic mass is 9.98. The molecule has 0 saturated heterocycles. The number of aromatic nitrogens is 2. The smallest absolute Gasteiger partial charge is 0.0597 e. The van der Waals surface area contributed by atoms with E-state index in [9.17, 15) is 0 Å². The van der Waals surface area contributed by atoms with Gasteiger partial charge in [0, 0.05) is 7.05 Å². The summed E-state index contributed by atoms with van der Waals surface area (Å²) in [6, 6.07) is 8.58. The van der Waals surface area contributed by atoms with Gasteiger partial charge in [-0.3, -0.25) is 4.68 Å². The van der Waals surface area contributed by atoms with Crippen LogP contribution in [0.15, 0.2) is 24.3 Å². The van der Waals surface area contributed by atoms with Gasteiger partial charge >= 0.3 is 0 Å². The maximum atomic E-state index is 6.30. The summed E-state index contributed by atoms with van der Waals surface area (Å²) in [6.45, 7) is 6.24. The highest BCUT2D eigenvalue weighted by atomic mass is 15.3. The number of rotatable bonds is 3. The maximum Gasteiger partial charge on any atom is 0.0597 e. The molecule has 18 heavy (non-hydrogen) atoms. The van der Waals surface area contributed by atoms with Gasteiger partial charge in [0.15, 0.2) is 0 Å². The van der Waals surface area contributed by atoms with Crippen molar-refractivity contribution in [3.63, 3.8) is 0 Å². The van der Waals surface area contributed by atoms with Gasteiger partial charge in [-0.15, -0.1) is 0 Å². The highest BCUT2D eigenvalue weighted by molar-refractivity contribution is 5.32. The topological polar surface area (TPSA) is 43.8 Å². The molecule has 0 amide bonds. The van der Waals surface area contributed by atoms with Crippen LogP contribution in [-0.4, -0.2) is 9.78 Å². The molecule has 0 aliphatic rings. The van der Waals surface area contributed by atoms with Gasteiger partial charge < -0.3 is 5.73 Å². The van der Waals surface area contributed by atoms with Crippen molar-refractivity contribution >= 4 is 0 Å². The van der Waals surface area contributed by atoms with Crippen LogP contribution in [0.2, 0.25) is 0 Å². The highest BCUT2D eigenvalue weighted by Crippen LogP contribution is 2.19. The fourth-order valence-electron chi connectivity index (χ4n) is 2.34. The molecule has 3 heteroatoms. The Morgan fingerprint density at radius 2 is 1.94 bits per heavy atom. The number of benzene rings is 1. The van der Waals surface area contributed by atoms with Crippen LogP contribution in [0.5, 0.6) is 0 Å². The molecule has 0 fully saturated rings. The predicted octanol–water partition coefficient (Wildman–Crippen LogP) is 2.59. The van der Waals surface area contributed by atoms with Gasteiger partial charge in [0.2, 0.25) is 0 Å². The third-order valence-electron chi connectivity index (χ3n) is 3.36. The summed E-state index contributed by atoms with van der Waals surface area (Å²) in [6.07, 6.45) is 0.854. The lowest BCUT2D eigenvalue weighted by molar-refractivity contribution is 0.614. The summed E-state index contributed by atoms with van der Waals surface area (Å²) in [5, 5.41) is 4.35. The Morgan fingerprint density at radius 3 is 2.56 bits per heavy atom. The zero-order valence-corrected chi connectivity index (χ0v) is 11.6. The molecule has 0 aliphatic heterocycles. The SMILES string of the molecule is Cc1ccc(C)c(CC(N)c2cc(C)nn2C)c1. The van der Waals surface area contributed by atoms with Gasteiger partial charge in [-0.1, -0.05) is 23.8 Å². The highest BCUT2D eigenvalue weighted by Gasteiger charge is 2.13. The minimum atomic E-state index is -0.00306. The fraction of sp³-hybridized carbons (Fsp3) is 0.400. The van der Waals surface area contributed by atoms with Gasteiger partial charge in [0.25, 0.3) is 0 Å². The molecule has 0 saturated carbocycles. The molecular formula is C15H21N3. The van der Waals surface area contributed by atoms with Crippen molar-refractivity contribution in [2.45, 2.75) is 33.2 Å². The Balaban J connectivity index is 2.23. The molecule has 1 atom stereocenters. The van der Waals surface area contributed by atoms with Gasteiger partial charge in [0.1, 0.15) is 0 Å². The average molecular weight is 243 g/mol. The van der Waals surface area contributed by atoms with E-state index >= 15 is 0 Å². The number of nitrogens with zero attached hydrogens (tertiary/aromatic N) is 2. The number of nitrogens with two attached hydrogens (primary N) is 1. The molecule has 0 spiro atoms. The first-order chi connectivity index (χ1) is 8.47. The lowest BCUT2D eigenvalue weighted by Gasteiger charge is -2.14. The van der Waals surface area contributed by atoms with Crippen molar-refractivity contribution in [1.82, 2.24) is 9.78 Å². The number of aryl methyl sites for hydroxylation is 4. The minimum absolute atomic E-state index is 0.00306. The Kier molecular flexibility index (Phi) is 3.53. The second-order valence-electron chi connectivity index (χ2n) is 5.07. The molecule has 0 aliphatic carbocycles. The van der Waals surface area contributed by atoms with Gasteiger partial charge in [0.05, 0.1) is 17.4 Å². The molecule has 1 aromatic carbocycles. The first-order valence-corrected chi connectivity index (χ1v) is 6.29. The summed E-state index contributed by atoms with van der Waals surface area (Å²) < 4.78 is 1.88. The van der Waals surface area contributed by atoms with E-state index in [-0.39, 0.29) is 6.04 Å². The third kappa shape index (κ3) is 2.62. The maximum absolute atomic E-state index is 6.30. The van der Waals surface area contributed by atoms with Crippen molar-refractivity contribution < 1.29 is 0 Å². The molecule has 1 aromatic heterocycles. The molecule has 1 heterocycles. The summed E-state index contributed by atoms with van der Waals surface area (Å²) in [5.41, 5.74) is 12.3. The molecule has 3 nitrogen and oxygen atoms in total. The van der Waals surface area contributed by atoms with Crippen LogP contribution in [-0.2, 0) is 13.5 Å². The molecule has 2 rings (SSSR count). The third-order valence-corrected chi connectivity index (χ3v) is 3.36. The van der Waals surface area contributed by atoms with E-state index in [2.05, 4.69) is 43.2 Å². The predicted molar refractivity (Wildman–Crippen MR) is 74.5 cm³/mol. The van der Waals surface area contributed by atoms with Gasteiger partial charge in [-0.2, -0.15) is 5.10 Å². The normalized spacial score (nSPS) is 12.7. The van der Waals surface area contributed by atoms with Crippen LogP contribution in [0.1, 0.15) is 34.1 Å². The largest absolute Gasteiger partial charge is 0.322 e. The number of hydrogen-bond acceptors (Lipinski definition) is 2. The van der Waals surface area contributed by atoms with E-state index < -0.39 is 0 Å². The lowest BCUT2D eigenvalue weighted by Crippen LogP contribution is -2.17. The summed E-state index contributed by atoms with van der Waals surface area (Å²) >= 11 is 0. The van der Waals surface area contributed by atoms with Crippen molar-refractivity contribution in [2.75, 3.05) is 0 Å². The molecule has 1 unspecified atom stereocenters. The first-order valence-electron chi connectivity index (χ1n) is 6.29. The van der Waals surface area contributed by atoms with Crippen LogP contribution in [0.25, 0.3) is 0 Å². The van der Waals surface area contributed by atoms with E-state index in [1.807, 2.05) is 18.7 Å². The van der Waals surface area contributed by atoms with Crippen molar-refractivity contribution in [1.29, 1.82) is 0 Å². The fourth-order valence-corrected chi connectivity index (χ4v) is 2.34. The summed E-state index contributed by atoms with van der Waals surface area (Å²) in [7, 11) is 1.95. The zero-order valence-electron chi connectivity index (χ0n) is 11.6. The van der Waals surface area contributed by atoms with Crippen LogP contribution >= 0.6 is 0 Å². The molecular weight excluding hydrogens is 222 g/mol. The first kappa shape index (κ1) is 12.8. The second kappa shape index (κ2) is 4.94. The van der Waals surface area contributed by atoms with Crippen LogP contribution < -0.4 is 5.73 Å². The minimum Gasteiger partial charge on any atom is -0.322 e. The monoisotopic (exact) mass is 243 g/mol. The van der Waals surface area contributed by atoms with E-state index in [1.165, 1.54) is 16.7 Å². The standard InChI is InChI=1S/C15H21N3/c1-10-5-6-11(2)13(7-10)9-14(16)15-8-12(3)17-18(15)4/h5-8,14H,9,16H2,1-4H3. The van der Waals surface area contributed by atoms with Crippen LogP contribution in [0.4, 0.5) is 0 Å². The Morgan fingerprint density at radius 1 is 1.22 bits per heavy atom. The molecule has 2 aromatic rings. The van der Waals surface area contributed by atoms with Gasteiger partial charge in [-0.25, -0.2) is 0 Å². The summed E-state index contributed by atoms with van der Waals surface area (Å²) in [4.78, 5) is 0. The number of hydrogen-bond donors (Lipinski definition) is 1. The average Bonchev–Trinajstić information content (AvgIpc) is 2.63. The quantitative estimate of drug-likeness (QED) is 0.900. The Bertz CT molecular complexity index is 555. The van der Waals surface area contributed by atoms with E-state index in [0.29, 0.717) is 0 Å². The van der Waals surface area contributed by atoms with Crippen molar-refractivity contribution in [3.8, 4) is 0 Å². The van der Waals surface area contributed by atoms with E-state index in [0.717, 1.165) is 17.8 Å². The summed E-state index contributed by atoms with van der Waals surface area (Å²) in [5.74, 6) is 0. The van der Waals surface area contributed by atoms with E-state index in [1.54, 1.807) is 0 Å². The molecule has 0 bridgehead atoms.